The van der Waals surface area contributed by atoms with Gasteiger partial charge >= 0.3 is 5.97 Å². The summed E-state index contributed by atoms with van der Waals surface area (Å²) in [6.45, 7) is 2.46. The number of hydrogen-bond acceptors (Lipinski definition) is 4. The van der Waals surface area contributed by atoms with E-state index in [1.54, 1.807) is 4.57 Å². The lowest BCUT2D eigenvalue weighted by Gasteiger charge is -2.08. The van der Waals surface area contributed by atoms with Crippen LogP contribution in [0.3, 0.4) is 0 Å². The monoisotopic (exact) mass is 373 g/mol. The molecule has 0 aliphatic rings. The molecule has 9 heteroatoms. The quantitative estimate of drug-likeness (QED) is 0.835. The van der Waals surface area contributed by atoms with E-state index in [1.165, 1.54) is 30.7 Å². The Bertz CT molecular complexity index is 786. The number of sulfonamides is 1. The summed E-state index contributed by atoms with van der Waals surface area (Å²) in [6.07, 6.45) is 2.81. The number of hydrogen-bond donors (Lipinski definition) is 2. The zero-order chi connectivity index (χ0) is 15.6. The van der Waals surface area contributed by atoms with Crippen molar-refractivity contribution in [3.8, 4) is 0 Å². The first kappa shape index (κ1) is 15.5. The normalized spacial score (nSPS) is 11.3. The Labute approximate surface area is 129 Å². The number of carboxylic acid groups (broad SMARTS) is 1. The number of carbonyl (C=O) groups is 1. The van der Waals surface area contributed by atoms with Gasteiger partial charge in [0, 0.05) is 17.2 Å². The van der Waals surface area contributed by atoms with Gasteiger partial charge in [0.2, 0.25) is 0 Å². The van der Waals surface area contributed by atoms with E-state index in [0.717, 1.165) is 0 Å². The molecule has 0 aliphatic carbocycles. The number of aryl methyl sites for hydroxylation is 1. The minimum absolute atomic E-state index is 0.0185. The molecule has 7 nitrogen and oxygen atoms in total. The Hall–Kier alpha value is -1.87. The first-order chi connectivity index (χ1) is 9.83. The molecule has 1 heterocycles. The van der Waals surface area contributed by atoms with E-state index >= 15 is 0 Å². The van der Waals surface area contributed by atoms with Crippen LogP contribution in [0.15, 0.2) is 40.2 Å². The standard InChI is InChI=1S/C12H12BrN3O4S/c1-2-16-6-11(14-7-16)21(19,20)15-10-5-8(12(17)18)3-4-9(10)13/h3-7,15H,2H2,1H3,(H,17,18). The van der Waals surface area contributed by atoms with E-state index in [4.69, 9.17) is 5.11 Å². The molecular weight excluding hydrogens is 362 g/mol. The summed E-state index contributed by atoms with van der Waals surface area (Å²) in [4.78, 5) is 14.8. The van der Waals surface area contributed by atoms with Crippen molar-refractivity contribution < 1.29 is 18.3 Å². The molecule has 0 aliphatic heterocycles. The van der Waals surface area contributed by atoms with Gasteiger partial charge in [-0.3, -0.25) is 4.72 Å². The van der Waals surface area contributed by atoms with E-state index in [1.807, 2.05) is 6.92 Å². The number of carboxylic acids is 1. The molecule has 0 saturated carbocycles. The lowest BCUT2D eigenvalue weighted by molar-refractivity contribution is 0.0697. The highest BCUT2D eigenvalue weighted by atomic mass is 79.9. The number of benzene rings is 1. The molecule has 2 N–H and O–H groups in total. The summed E-state index contributed by atoms with van der Waals surface area (Å²) in [5, 5.41) is 8.81. The summed E-state index contributed by atoms with van der Waals surface area (Å²) in [6, 6.07) is 4.07. The number of nitrogens with one attached hydrogen (secondary N) is 1. The minimum Gasteiger partial charge on any atom is -0.478 e. The number of halogens is 1. The molecule has 0 spiro atoms. The van der Waals surface area contributed by atoms with Crippen LogP contribution < -0.4 is 4.72 Å². The number of rotatable bonds is 5. The van der Waals surface area contributed by atoms with Gasteiger partial charge in [-0.05, 0) is 41.1 Å². The maximum atomic E-state index is 12.2. The number of aromatic carboxylic acids is 1. The summed E-state index contributed by atoms with van der Waals surface area (Å²) in [5.74, 6) is -1.14. The zero-order valence-electron chi connectivity index (χ0n) is 10.9. The summed E-state index contributed by atoms with van der Waals surface area (Å²) < 4.78 is 28.8. The van der Waals surface area contributed by atoms with Crippen molar-refractivity contribution in [2.24, 2.45) is 0 Å². The highest BCUT2D eigenvalue weighted by Crippen LogP contribution is 2.26. The highest BCUT2D eigenvalue weighted by molar-refractivity contribution is 9.10. The number of anilines is 1. The van der Waals surface area contributed by atoms with Crippen LogP contribution in [-0.4, -0.2) is 29.0 Å². The molecule has 0 atom stereocenters. The first-order valence-electron chi connectivity index (χ1n) is 5.91. The van der Waals surface area contributed by atoms with Crippen LogP contribution in [0.2, 0.25) is 0 Å². The Morgan fingerprint density at radius 3 is 2.76 bits per heavy atom. The van der Waals surface area contributed by atoms with E-state index in [-0.39, 0.29) is 16.3 Å². The second-order valence-electron chi connectivity index (χ2n) is 4.15. The van der Waals surface area contributed by atoms with Crippen LogP contribution in [0.1, 0.15) is 17.3 Å². The molecule has 112 valence electrons. The fraction of sp³-hybridized carbons (Fsp3) is 0.167. The predicted molar refractivity (Wildman–Crippen MR) is 79.8 cm³/mol. The second kappa shape index (κ2) is 5.86. The molecule has 1 aromatic carbocycles. The van der Waals surface area contributed by atoms with Crippen molar-refractivity contribution in [2.45, 2.75) is 18.5 Å². The maximum absolute atomic E-state index is 12.2. The van der Waals surface area contributed by atoms with Gasteiger partial charge in [-0.1, -0.05) is 0 Å². The summed E-state index contributed by atoms with van der Waals surface area (Å²) in [7, 11) is -3.87. The van der Waals surface area contributed by atoms with E-state index < -0.39 is 16.0 Å². The fourth-order valence-electron chi connectivity index (χ4n) is 1.58. The third-order valence-corrected chi connectivity index (χ3v) is 4.65. The second-order valence-corrected chi connectivity index (χ2v) is 6.63. The lowest BCUT2D eigenvalue weighted by atomic mass is 10.2. The third-order valence-electron chi connectivity index (χ3n) is 2.71. The van der Waals surface area contributed by atoms with Crippen LogP contribution in [0.25, 0.3) is 0 Å². The molecule has 21 heavy (non-hydrogen) atoms. The van der Waals surface area contributed by atoms with Gasteiger partial charge < -0.3 is 9.67 Å². The predicted octanol–water partition coefficient (Wildman–Crippen LogP) is 2.16. The maximum Gasteiger partial charge on any atom is 0.335 e. The molecule has 2 aromatic rings. The Balaban J connectivity index is 2.36. The summed E-state index contributed by atoms with van der Waals surface area (Å²) >= 11 is 3.18. The molecule has 0 fully saturated rings. The molecule has 1 aromatic heterocycles. The molecule has 0 bridgehead atoms. The third kappa shape index (κ3) is 3.42. The minimum atomic E-state index is -3.87. The molecule has 0 unspecified atom stereocenters. The number of nitrogens with zero attached hydrogens (tertiary/aromatic N) is 2. The molecule has 2 rings (SSSR count). The van der Waals surface area contributed by atoms with Crippen LogP contribution in [0.5, 0.6) is 0 Å². The average Bonchev–Trinajstić information content (AvgIpc) is 2.90. The SMILES string of the molecule is CCn1cnc(S(=O)(=O)Nc2cc(C(=O)O)ccc2Br)c1. The van der Waals surface area contributed by atoms with Gasteiger partial charge in [0.15, 0.2) is 5.03 Å². The van der Waals surface area contributed by atoms with Crippen molar-refractivity contribution in [1.29, 1.82) is 0 Å². The fourth-order valence-corrected chi connectivity index (χ4v) is 3.08. The van der Waals surface area contributed by atoms with Crippen molar-refractivity contribution in [3.63, 3.8) is 0 Å². The Morgan fingerprint density at radius 1 is 1.48 bits per heavy atom. The molecule has 0 amide bonds. The van der Waals surface area contributed by atoms with E-state index in [2.05, 4.69) is 25.6 Å². The number of aromatic nitrogens is 2. The van der Waals surface area contributed by atoms with E-state index in [9.17, 15) is 13.2 Å². The topological polar surface area (TPSA) is 101 Å². The van der Waals surface area contributed by atoms with Gasteiger partial charge in [-0.15, -0.1) is 0 Å². The van der Waals surface area contributed by atoms with Crippen LogP contribution in [0.4, 0.5) is 5.69 Å². The van der Waals surface area contributed by atoms with Gasteiger partial charge in [0.05, 0.1) is 17.6 Å². The summed E-state index contributed by atoms with van der Waals surface area (Å²) in [5.41, 5.74) is 0.121. The molecule has 0 saturated heterocycles. The largest absolute Gasteiger partial charge is 0.478 e. The zero-order valence-corrected chi connectivity index (χ0v) is 13.3. The van der Waals surface area contributed by atoms with Crippen LogP contribution in [-0.2, 0) is 16.6 Å². The highest BCUT2D eigenvalue weighted by Gasteiger charge is 2.19. The molecule has 0 radical (unpaired) electrons. The Morgan fingerprint density at radius 2 is 2.19 bits per heavy atom. The van der Waals surface area contributed by atoms with Gasteiger partial charge in [0.25, 0.3) is 10.0 Å². The molecular formula is C12H12BrN3O4S. The lowest BCUT2D eigenvalue weighted by Crippen LogP contribution is -2.14. The van der Waals surface area contributed by atoms with Crippen molar-refractivity contribution in [1.82, 2.24) is 9.55 Å². The van der Waals surface area contributed by atoms with E-state index in [0.29, 0.717) is 11.0 Å². The van der Waals surface area contributed by atoms with Crippen LogP contribution >= 0.6 is 15.9 Å². The first-order valence-corrected chi connectivity index (χ1v) is 8.18. The van der Waals surface area contributed by atoms with Crippen molar-refractivity contribution >= 4 is 37.6 Å². The van der Waals surface area contributed by atoms with Gasteiger partial charge in [-0.2, -0.15) is 8.42 Å². The average molecular weight is 374 g/mol. The number of imidazole rings is 1. The van der Waals surface area contributed by atoms with Crippen molar-refractivity contribution in [3.05, 3.63) is 40.8 Å². The van der Waals surface area contributed by atoms with Gasteiger partial charge in [0.1, 0.15) is 0 Å². The van der Waals surface area contributed by atoms with Crippen LogP contribution in [0, 0.1) is 0 Å². The smallest absolute Gasteiger partial charge is 0.335 e. The van der Waals surface area contributed by atoms with Gasteiger partial charge in [-0.25, -0.2) is 9.78 Å². The Kier molecular flexibility index (Phi) is 4.33. The van der Waals surface area contributed by atoms with Crippen molar-refractivity contribution in [2.75, 3.05) is 4.72 Å².